The van der Waals surface area contributed by atoms with Gasteiger partial charge in [0.2, 0.25) is 0 Å². The highest BCUT2D eigenvalue weighted by atomic mass is 16.7. The lowest BCUT2D eigenvalue weighted by molar-refractivity contribution is -0.120. The van der Waals surface area contributed by atoms with E-state index in [1.807, 2.05) is 49.4 Å². The van der Waals surface area contributed by atoms with E-state index in [-0.39, 0.29) is 17.8 Å². The van der Waals surface area contributed by atoms with Crippen molar-refractivity contribution in [2.75, 3.05) is 14.2 Å². The van der Waals surface area contributed by atoms with Crippen molar-refractivity contribution in [1.29, 1.82) is 0 Å². The van der Waals surface area contributed by atoms with E-state index in [4.69, 9.17) is 9.47 Å². The van der Waals surface area contributed by atoms with Crippen molar-refractivity contribution in [3.8, 4) is 5.75 Å². The van der Waals surface area contributed by atoms with Gasteiger partial charge in [0.25, 0.3) is 0 Å². The minimum absolute atomic E-state index is 0.0893. The Morgan fingerprint density at radius 1 is 0.846 bits per heavy atom. The molecule has 2 unspecified atom stereocenters. The third-order valence-electron chi connectivity index (χ3n) is 4.67. The second-order valence-electron chi connectivity index (χ2n) is 6.36. The first-order valence-electron chi connectivity index (χ1n) is 8.73. The van der Waals surface area contributed by atoms with E-state index in [2.05, 4.69) is 23.5 Å². The van der Waals surface area contributed by atoms with Crippen LogP contribution >= 0.6 is 0 Å². The maximum absolute atomic E-state index is 10.7. The van der Waals surface area contributed by atoms with Crippen LogP contribution in [0.5, 0.6) is 5.75 Å². The van der Waals surface area contributed by atoms with Gasteiger partial charge in [-0.25, -0.2) is 0 Å². The number of rotatable bonds is 7. The summed E-state index contributed by atoms with van der Waals surface area (Å²) in [5.41, 5.74) is 1.92. The number of phenols is 1. The highest BCUT2D eigenvalue weighted by Crippen LogP contribution is 2.36. The van der Waals surface area contributed by atoms with E-state index in [1.165, 1.54) is 0 Å². The predicted molar refractivity (Wildman–Crippen MR) is 104 cm³/mol. The summed E-state index contributed by atoms with van der Waals surface area (Å²) in [6.07, 6.45) is -0.390. The molecule has 4 nitrogen and oxygen atoms in total. The average Bonchev–Trinajstić information content (AvgIpc) is 2.68. The first kappa shape index (κ1) is 18.4. The van der Waals surface area contributed by atoms with Gasteiger partial charge in [0, 0.05) is 19.8 Å². The predicted octanol–water partition coefficient (Wildman–Crippen LogP) is 4.23. The summed E-state index contributed by atoms with van der Waals surface area (Å²) in [6, 6.07) is 21.6. The normalized spacial score (nSPS) is 13.8. The first-order valence-corrected chi connectivity index (χ1v) is 8.73. The molecule has 0 bridgehead atoms. The van der Waals surface area contributed by atoms with Crippen LogP contribution < -0.4 is 5.32 Å². The Bertz CT molecular complexity index is 846. The molecule has 2 N–H and O–H groups in total. The molecule has 0 radical (unpaired) electrons. The quantitative estimate of drug-likeness (QED) is 0.626. The molecule has 0 aliphatic carbocycles. The molecule has 0 heterocycles. The molecule has 2 atom stereocenters. The molecular weight excluding hydrogens is 326 g/mol. The molecular formula is C22H25NO3. The van der Waals surface area contributed by atoms with E-state index in [0.717, 1.165) is 21.9 Å². The van der Waals surface area contributed by atoms with Gasteiger partial charge in [-0.1, -0.05) is 60.7 Å². The number of methoxy groups -OCH3 is 2. The van der Waals surface area contributed by atoms with Crippen molar-refractivity contribution >= 4 is 10.8 Å². The summed E-state index contributed by atoms with van der Waals surface area (Å²) in [6.45, 7) is 2.01. The van der Waals surface area contributed by atoms with E-state index in [9.17, 15) is 5.11 Å². The van der Waals surface area contributed by atoms with Gasteiger partial charge in [-0.05, 0) is 29.3 Å². The van der Waals surface area contributed by atoms with Crippen LogP contribution in [0.15, 0.2) is 66.7 Å². The van der Waals surface area contributed by atoms with Crippen LogP contribution in [0.1, 0.15) is 24.1 Å². The second-order valence-corrected chi connectivity index (χ2v) is 6.36. The van der Waals surface area contributed by atoms with Crippen molar-refractivity contribution in [2.45, 2.75) is 25.3 Å². The van der Waals surface area contributed by atoms with E-state index in [1.54, 1.807) is 20.3 Å². The maximum atomic E-state index is 10.7. The van der Waals surface area contributed by atoms with Gasteiger partial charge in [0.1, 0.15) is 5.75 Å². The first-order chi connectivity index (χ1) is 12.7. The van der Waals surface area contributed by atoms with Gasteiger partial charge in [0.15, 0.2) is 6.29 Å². The van der Waals surface area contributed by atoms with Crippen LogP contribution in [-0.2, 0) is 9.47 Å². The Balaban J connectivity index is 2.12. The number of hydrogen-bond acceptors (Lipinski definition) is 4. The van der Waals surface area contributed by atoms with Crippen LogP contribution in [0.3, 0.4) is 0 Å². The Morgan fingerprint density at radius 3 is 2.19 bits per heavy atom. The smallest absolute Gasteiger partial charge is 0.171 e. The molecule has 0 saturated heterocycles. The topological polar surface area (TPSA) is 50.7 Å². The van der Waals surface area contributed by atoms with Crippen molar-refractivity contribution < 1.29 is 14.6 Å². The number of aromatic hydroxyl groups is 1. The van der Waals surface area contributed by atoms with E-state index < -0.39 is 6.29 Å². The number of ether oxygens (including phenoxy) is 2. The molecule has 26 heavy (non-hydrogen) atoms. The lowest BCUT2D eigenvalue weighted by atomic mass is 9.92. The zero-order valence-electron chi connectivity index (χ0n) is 15.3. The van der Waals surface area contributed by atoms with Gasteiger partial charge < -0.3 is 14.6 Å². The summed E-state index contributed by atoms with van der Waals surface area (Å²) in [4.78, 5) is 0. The standard InChI is InChI=1S/C22H25NO3/c1-15(22(25-2)26-3)23-21(17-10-5-4-6-11-17)20-18-12-8-7-9-16(18)13-14-19(20)24/h4-15,21-24H,1-3H3. The summed E-state index contributed by atoms with van der Waals surface area (Å²) in [7, 11) is 3.25. The molecule has 0 amide bonds. The maximum Gasteiger partial charge on any atom is 0.171 e. The van der Waals surface area contributed by atoms with Crippen molar-refractivity contribution in [1.82, 2.24) is 5.32 Å². The fourth-order valence-electron chi connectivity index (χ4n) is 3.43. The highest BCUT2D eigenvalue weighted by molar-refractivity contribution is 5.88. The van der Waals surface area contributed by atoms with E-state index in [0.29, 0.717) is 0 Å². The fourth-order valence-corrected chi connectivity index (χ4v) is 3.43. The van der Waals surface area contributed by atoms with Crippen LogP contribution in [0.25, 0.3) is 10.8 Å². The summed E-state index contributed by atoms with van der Waals surface area (Å²) < 4.78 is 10.8. The number of benzene rings is 3. The summed E-state index contributed by atoms with van der Waals surface area (Å²) in [5, 5.41) is 16.4. The van der Waals surface area contributed by atoms with Crippen LogP contribution in [0.4, 0.5) is 0 Å². The Morgan fingerprint density at radius 2 is 1.50 bits per heavy atom. The average molecular weight is 351 g/mol. The minimum atomic E-state index is -0.390. The Labute approximate surface area is 154 Å². The van der Waals surface area contributed by atoms with Gasteiger partial charge in [-0.15, -0.1) is 0 Å². The molecule has 0 aliphatic heterocycles. The fraction of sp³-hybridized carbons (Fsp3) is 0.273. The molecule has 3 aromatic rings. The van der Waals surface area contributed by atoms with Crippen molar-refractivity contribution in [3.05, 3.63) is 77.9 Å². The molecule has 0 aromatic heterocycles. The zero-order valence-corrected chi connectivity index (χ0v) is 15.3. The van der Waals surface area contributed by atoms with E-state index >= 15 is 0 Å². The molecule has 0 fully saturated rings. The third-order valence-corrected chi connectivity index (χ3v) is 4.67. The molecule has 3 aromatic carbocycles. The SMILES string of the molecule is COC(OC)C(C)NC(c1ccccc1)c1c(O)ccc2ccccc12. The largest absolute Gasteiger partial charge is 0.508 e. The Kier molecular flexibility index (Phi) is 5.89. The number of nitrogens with one attached hydrogen (secondary N) is 1. The lowest BCUT2D eigenvalue weighted by Gasteiger charge is -2.29. The monoisotopic (exact) mass is 351 g/mol. The van der Waals surface area contributed by atoms with Gasteiger partial charge >= 0.3 is 0 Å². The third kappa shape index (κ3) is 3.73. The molecule has 0 aliphatic rings. The molecule has 0 spiro atoms. The highest BCUT2D eigenvalue weighted by Gasteiger charge is 2.25. The molecule has 4 heteroatoms. The van der Waals surface area contributed by atoms with Gasteiger partial charge in [-0.2, -0.15) is 0 Å². The zero-order chi connectivity index (χ0) is 18.5. The Hall–Kier alpha value is -2.40. The summed E-state index contributed by atoms with van der Waals surface area (Å²) >= 11 is 0. The van der Waals surface area contributed by atoms with Crippen molar-refractivity contribution in [2.24, 2.45) is 0 Å². The van der Waals surface area contributed by atoms with Gasteiger partial charge in [-0.3, -0.25) is 5.32 Å². The lowest BCUT2D eigenvalue weighted by Crippen LogP contribution is -2.42. The summed E-state index contributed by atoms with van der Waals surface area (Å²) in [5.74, 6) is 0.267. The van der Waals surface area contributed by atoms with Crippen LogP contribution in [0, 0.1) is 0 Å². The molecule has 3 rings (SSSR count). The van der Waals surface area contributed by atoms with Crippen LogP contribution in [-0.4, -0.2) is 31.7 Å². The number of hydrogen-bond donors (Lipinski definition) is 2. The van der Waals surface area contributed by atoms with Crippen LogP contribution in [0.2, 0.25) is 0 Å². The number of fused-ring (bicyclic) bond motifs is 1. The van der Waals surface area contributed by atoms with Crippen molar-refractivity contribution in [3.63, 3.8) is 0 Å². The molecule has 0 saturated carbocycles. The van der Waals surface area contributed by atoms with Gasteiger partial charge in [0.05, 0.1) is 12.1 Å². The minimum Gasteiger partial charge on any atom is -0.508 e. The number of phenolic OH excluding ortho intramolecular Hbond substituents is 1. The molecule has 136 valence electrons. The second kappa shape index (κ2) is 8.32.